The summed E-state index contributed by atoms with van der Waals surface area (Å²) in [7, 11) is 2.06. The summed E-state index contributed by atoms with van der Waals surface area (Å²) in [4.78, 5) is 17.0. The average Bonchev–Trinajstić information content (AvgIpc) is 3.25. The van der Waals surface area contributed by atoms with Crippen molar-refractivity contribution in [3.63, 3.8) is 0 Å². The van der Waals surface area contributed by atoms with Gasteiger partial charge >= 0.3 is 12.6 Å². The average molecular weight is 450 g/mol. The minimum absolute atomic E-state index is 0.0368. The molecule has 0 saturated carbocycles. The van der Waals surface area contributed by atoms with Gasteiger partial charge in [-0.15, -0.1) is 0 Å². The molecule has 1 fully saturated rings. The third kappa shape index (κ3) is 6.91. The van der Waals surface area contributed by atoms with Crippen molar-refractivity contribution in [3.8, 4) is 5.75 Å². The second kappa shape index (κ2) is 11.3. The molecule has 0 atom stereocenters. The van der Waals surface area contributed by atoms with Crippen LogP contribution >= 0.6 is 0 Å². The van der Waals surface area contributed by atoms with E-state index in [4.69, 9.17) is 4.74 Å². The predicted molar refractivity (Wildman–Crippen MR) is 119 cm³/mol. The molecular formula is C23H33F2N5O2. The standard InChI is InChI=1S/C23H33F2N5O2/c1-17(2)16-32-21-6-4-18(5-7-21)14-26-23(31)29(20-9-11-28(3)12-10-20)15-19-8-13-30(27-19)22(24)25/h4-8,13,17,20,22H,9-12,14-16H2,1-3H3,(H,26,31). The van der Waals surface area contributed by atoms with E-state index in [2.05, 4.69) is 36.2 Å². The van der Waals surface area contributed by atoms with Crippen molar-refractivity contribution in [1.29, 1.82) is 0 Å². The summed E-state index contributed by atoms with van der Waals surface area (Å²) in [6.45, 7) is 4.50. The Morgan fingerprint density at radius 3 is 2.50 bits per heavy atom. The van der Waals surface area contributed by atoms with Crippen molar-refractivity contribution in [3.05, 3.63) is 47.8 Å². The first-order valence-corrected chi connectivity index (χ1v) is 11.1. The molecule has 0 aliphatic carbocycles. The van der Waals surface area contributed by atoms with Gasteiger partial charge in [0.05, 0.1) is 18.8 Å². The van der Waals surface area contributed by atoms with Gasteiger partial charge in [-0.25, -0.2) is 9.48 Å². The molecule has 9 heteroatoms. The third-order valence-electron chi connectivity index (χ3n) is 5.54. The van der Waals surface area contributed by atoms with E-state index in [-0.39, 0.29) is 18.6 Å². The zero-order chi connectivity index (χ0) is 23.1. The number of hydrogen-bond donors (Lipinski definition) is 1. The number of alkyl halides is 2. The second-order valence-electron chi connectivity index (χ2n) is 8.73. The number of benzene rings is 1. The molecule has 0 unspecified atom stereocenters. The molecule has 1 saturated heterocycles. The number of hydrogen-bond acceptors (Lipinski definition) is 4. The van der Waals surface area contributed by atoms with Crippen molar-refractivity contribution in [2.45, 2.75) is 52.4 Å². The minimum Gasteiger partial charge on any atom is -0.493 e. The zero-order valence-electron chi connectivity index (χ0n) is 19.0. The van der Waals surface area contributed by atoms with Gasteiger partial charge in [0.25, 0.3) is 0 Å². The first-order valence-electron chi connectivity index (χ1n) is 11.1. The molecule has 7 nitrogen and oxygen atoms in total. The van der Waals surface area contributed by atoms with Crippen LogP contribution in [-0.4, -0.2) is 58.4 Å². The molecule has 3 rings (SSSR count). The molecule has 32 heavy (non-hydrogen) atoms. The Kier molecular flexibility index (Phi) is 8.44. The van der Waals surface area contributed by atoms with Crippen LogP contribution in [0.15, 0.2) is 36.5 Å². The summed E-state index contributed by atoms with van der Waals surface area (Å²) in [5.41, 5.74) is 1.41. The van der Waals surface area contributed by atoms with E-state index in [1.54, 1.807) is 4.90 Å². The Morgan fingerprint density at radius 2 is 1.91 bits per heavy atom. The van der Waals surface area contributed by atoms with Gasteiger partial charge in [0, 0.05) is 18.8 Å². The van der Waals surface area contributed by atoms with Crippen molar-refractivity contribution >= 4 is 6.03 Å². The Labute approximate surface area is 188 Å². The Hall–Kier alpha value is -2.68. The molecular weight excluding hydrogens is 416 g/mol. The summed E-state index contributed by atoms with van der Waals surface area (Å²) in [6.07, 6.45) is 2.91. The summed E-state index contributed by atoms with van der Waals surface area (Å²) >= 11 is 0. The number of piperidine rings is 1. The van der Waals surface area contributed by atoms with Gasteiger partial charge in [-0.3, -0.25) is 0 Å². The molecule has 0 bridgehead atoms. The highest BCUT2D eigenvalue weighted by Gasteiger charge is 2.28. The molecule has 2 aromatic rings. The molecule has 2 amide bonds. The number of amides is 2. The number of nitrogens with zero attached hydrogens (tertiary/aromatic N) is 4. The van der Waals surface area contributed by atoms with E-state index in [0.29, 0.717) is 29.4 Å². The highest BCUT2D eigenvalue weighted by atomic mass is 19.3. The topological polar surface area (TPSA) is 62.6 Å². The molecule has 1 aliphatic rings. The fourth-order valence-corrected chi connectivity index (χ4v) is 3.66. The molecule has 1 aliphatic heterocycles. The highest BCUT2D eigenvalue weighted by molar-refractivity contribution is 5.74. The van der Waals surface area contributed by atoms with Crippen molar-refractivity contribution in [2.75, 3.05) is 26.7 Å². The Morgan fingerprint density at radius 1 is 1.22 bits per heavy atom. The van der Waals surface area contributed by atoms with Crippen LogP contribution in [0.3, 0.4) is 0 Å². The van der Waals surface area contributed by atoms with Crippen LogP contribution in [0.4, 0.5) is 13.6 Å². The smallest absolute Gasteiger partial charge is 0.333 e. The number of nitrogens with one attached hydrogen (secondary N) is 1. The maximum absolute atomic E-state index is 13.1. The van der Waals surface area contributed by atoms with Crippen LogP contribution < -0.4 is 10.1 Å². The van der Waals surface area contributed by atoms with E-state index in [9.17, 15) is 13.6 Å². The van der Waals surface area contributed by atoms with Gasteiger partial charge in [-0.05, 0) is 62.7 Å². The molecule has 176 valence electrons. The maximum atomic E-state index is 13.1. The molecule has 0 spiro atoms. The lowest BCUT2D eigenvalue weighted by Crippen LogP contribution is -2.49. The SMILES string of the molecule is CC(C)COc1ccc(CNC(=O)N(Cc2ccn(C(F)F)n2)C2CCN(C)CC2)cc1. The molecule has 1 aromatic carbocycles. The molecule has 1 N–H and O–H groups in total. The Balaban J connectivity index is 1.62. The van der Waals surface area contributed by atoms with Gasteiger partial charge in [-0.2, -0.15) is 13.9 Å². The van der Waals surface area contributed by atoms with Crippen LogP contribution in [0.2, 0.25) is 0 Å². The lowest BCUT2D eigenvalue weighted by molar-refractivity contribution is 0.0556. The van der Waals surface area contributed by atoms with Crippen LogP contribution in [-0.2, 0) is 13.1 Å². The van der Waals surface area contributed by atoms with E-state index in [1.807, 2.05) is 24.3 Å². The van der Waals surface area contributed by atoms with Crippen molar-refractivity contribution in [2.24, 2.45) is 5.92 Å². The fraction of sp³-hybridized carbons (Fsp3) is 0.565. The maximum Gasteiger partial charge on any atom is 0.333 e. The zero-order valence-corrected chi connectivity index (χ0v) is 19.0. The first-order chi connectivity index (χ1) is 15.3. The molecule has 2 heterocycles. The number of rotatable bonds is 9. The lowest BCUT2D eigenvalue weighted by Gasteiger charge is -2.37. The first kappa shape index (κ1) is 24.0. The van der Waals surface area contributed by atoms with Crippen molar-refractivity contribution in [1.82, 2.24) is 24.9 Å². The van der Waals surface area contributed by atoms with E-state index in [1.165, 1.54) is 12.3 Å². The summed E-state index contributed by atoms with van der Waals surface area (Å²) in [6, 6.07) is 9.02. The summed E-state index contributed by atoms with van der Waals surface area (Å²) in [5.74, 6) is 1.25. The molecule has 1 aromatic heterocycles. The number of ether oxygens (including phenoxy) is 1. The summed E-state index contributed by atoms with van der Waals surface area (Å²) < 4.78 is 32.1. The van der Waals surface area contributed by atoms with Crippen LogP contribution in [0, 0.1) is 5.92 Å². The van der Waals surface area contributed by atoms with E-state index >= 15 is 0 Å². The van der Waals surface area contributed by atoms with Gasteiger partial charge < -0.3 is 19.9 Å². The highest BCUT2D eigenvalue weighted by Crippen LogP contribution is 2.19. The van der Waals surface area contributed by atoms with Gasteiger partial charge in [-0.1, -0.05) is 26.0 Å². The van der Waals surface area contributed by atoms with Crippen LogP contribution in [0.25, 0.3) is 0 Å². The predicted octanol–water partition coefficient (Wildman–Crippen LogP) is 4.12. The van der Waals surface area contributed by atoms with Crippen LogP contribution in [0.5, 0.6) is 5.75 Å². The van der Waals surface area contributed by atoms with E-state index < -0.39 is 6.55 Å². The minimum atomic E-state index is -2.69. The second-order valence-corrected chi connectivity index (χ2v) is 8.73. The number of carbonyl (C=O) groups is 1. The molecule has 0 radical (unpaired) electrons. The normalized spacial score (nSPS) is 15.3. The number of carbonyl (C=O) groups excluding carboxylic acids is 1. The van der Waals surface area contributed by atoms with Crippen LogP contribution in [0.1, 0.15) is 44.5 Å². The number of likely N-dealkylation sites (tertiary alicyclic amines) is 1. The largest absolute Gasteiger partial charge is 0.493 e. The third-order valence-corrected chi connectivity index (χ3v) is 5.54. The fourth-order valence-electron chi connectivity index (χ4n) is 3.66. The number of aromatic nitrogens is 2. The van der Waals surface area contributed by atoms with E-state index in [0.717, 1.165) is 37.2 Å². The number of halogens is 2. The quantitative estimate of drug-likeness (QED) is 0.626. The van der Waals surface area contributed by atoms with Crippen molar-refractivity contribution < 1.29 is 18.3 Å². The number of urea groups is 1. The lowest BCUT2D eigenvalue weighted by atomic mass is 10.0. The van der Waals surface area contributed by atoms with Gasteiger partial charge in [0.2, 0.25) is 0 Å². The monoisotopic (exact) mass is 449 g/mol. The summed E-state index contributed by atoms with van der Waals surface area (Å²) in [5, 5.41) is 6.90. The van der Waals surface area contributed by atoms with Gasteiger partial charge in [0.15, 0.2) is 0 Å². The Bertz CT molecular complexity index is 848. The van der Waals surface area contributed by atoms with Gasteiger partial charge in [0.1, 0.15) is 5.75 Å².